The normalized spacial score (nSPS) is 13.6. The summed E-state index contributed by atoms with van der Waals surface area (Å²) in [5, 5.41) is 9.80. The third kappa shape index (κ3) is 3.95. The van der Waals surface area contributed by atoms with Crippen LogP contribution in [0.2, 0.25) is 5.02 Å². The van der Waals surface area contributed by atoms with Crippen molar-refractivity contribution in [3.63, 3.8) is 0 Å². The molecule has 1 aliphatic carbocycles. The first-order chi connectivity index (χ1) is 15.0. The SMILES string of the molecule is Cc1cc2occ(CC(=O)N(Cc3nnc(-c4ccccc4Cl)o3)C3CC3)c2cc1C. The Hall–Kier alpha value is -3.12. The molecular formula is C24H22ClN3O3. The van der Waals surface area contributed by atoms with Gasteiger partial charge in [0.1, 0.15) is 5.58 Å². The summed E-state index contributed by atoms with van der Waals surface area (Å²) in [6.07, 6.45) is 3.94. The fourth-order valence-corrected chi connectivity index (χ4v) is 3.97. The first-order valence-electron chi connectivity index (χ1n) is 10.3. The number of rotatable bonds is 6. The van der Waals surface area contributed by atoms with E-state index in [2.05, 4.69) is 30.1 Å². The van der Waals surface area contributed by atoms with Crippen LogP contribution in [0.25, 0.3) is 22.4 Å². The first kappa shape index (κ1) is 19.8. The minimum Gasteiger partial charge on any atom is -0.464 e. The van der Waals surface area contributed by atoms with Crippen molar-refractivity contribution in [3.8, 4) is 11.5 Å². The molecule has 0 atom stereocenters. The average molecular weight is 436 g/mol. The zero-order valence-corrected chi connectivity index (χ0v) is 18.1. The molecular weight excluding hydrogens is 414 g/mol. The Balaban J connectivity index is 1.36. The molecule has 4 aromatic rings. The van der Waals surface area contributed by atoms with Gasteiger partial charge in [0, 0.05) is 17.0 Å². The van der Waals surface area contributed by atoms with Gasteiger partial charge in [-0.1, -0.05) is 23.7 Å². The van der Waals surface area contributed by atoms with E-state index < -0.39 is 0 Å². The number of carbonyl (C=O) groups excluding carboxylic acids is 1. The van der Waals surface area contributed by atoms with Crippen LogP contribution in [0.1, 0.15) is 35.4 Å². The average Bonchev–Trinajstić information content (AvgIpc) is 3.38. The van der Waals surface area contributed by atoms with E-state index >= 15 is 0 Å². The van der Waals surface area contributed by atoms with Gasteiger partial charge < -0.3 is 13.7 Å². The van der Waals surface area contributed by atoms with Gasteiger partial charge in [-0.2, -0.15) is 0 Å². The Bertz CT molecular complexity index is 1270. The van der Waals surface area contributed by atoms with E-state index in [1.54, 1.807) is 12.3 Å². The highest BCUT2D eigenvalue weighted by molar-refractivity contribution is 6.33. The van der Waals surface area contributed by atoms with E-state index in [4.69, 9.17) is 20.4 Å². The van der Waals surface area contributed by atoms with Gasteiger partial charge in [-0.05, 0) is 62.1 Å². The molecule has 158 valence electrons. The van der Waals surface area contributed by atoms with Crippen LogP contribution in [0.4, 0.5) is 0 Å². The number of aryl methyl sites for hydroxylation is 2. The number of carbonyl (C=O) groups is 1. The zero-order valence-electron chi connectivity index (χ0n) is 17.4. The zero-order chi connectivity index (χ0) is 21.5. The van der Waals surface area contributed by atoms with Gasteiger partial charge >= 0.3 is 0 Å². The van der Waals surface area contributed by atoms with Crippen LogP contribution in [0.3, 0.4) is 0 Å². The van der Waals surface area contributed by atoms with Crippen LogP contribution >= 0.6 is 11.6 Å². The minimum atomic E-state index is 0.0286. The lowest BCUT2D eigenvalue weighted by Crippen LogP contribution is -2.33. The molecule has 5 rings (SSSR count). The molecule has 0 aliphatic heterocycles. The number of halogens is 1. The highest BCUT2D eigenvalue weighted by Gasteiger charge is 2.34. The molecule has 2 aromatic carbocycles. The molecule has 0 bridgehead atoms. The standard InChI is InChI=1S/C24H22ClN3O3/c1-14-9-19-16(13-30-21(19)10-15(14)2)11-23(29)28(17-7-8-17)12-22-26-27-24(31-22)18-5-3-4-6-20(18)25/h3-6,9-10,13,17H,7-8,11-12H2,1-2H3. The van der Waals surface area contributed by atoms with Crippen LogP contribution in [-0.4, -0.2) is 27.0 Å². The van der Waals surface area contributed by atoms with E-state index in [1.807, 2.05) is 29.2 Å². The minimum absolute atomic E-state index is 0.0286. The molecule has 2 aromatic heterocycles. The van der Waals surface area contributed by atoms with Crippen LogP contribution in [-0.2, 0) is 17.8 Å². The monoisotopic (exact) mass is 435 g/mol. The van der Waals surface area contributed by atoms with Crippen molar-refractivity contribution in [1.82, 2.24) is 15.1 Å². The fourth-order valence-electron chi connectivity index (χ4n) is 3.75. The summed E-state index contributed by atoms with van der Waals surface area (Å²) >= 11 is 6.23. The van der Waals surface area contributed by atoms with Crippen LogP contribution in [0.5, 0.6) is 0 Å². The summed E-state index contributed by atoms with van der Waals surface area (Å²) in [6, 6.07) is 11.6. The van der Waals surface area contributed by atoms with E-state index in [-0.39, 0.29) is 24.9 Å². The van der Waals surface area contributed by atoms with Crippen molar-refractivity contribution in [3.05, 3.63) is 70.3 Å². The summed E-state index contributed by atoms with van der Waals surface area (Å²) in [4.78, 5) is 15.0. The van der Waals surface area contributed by atoms with Crippen LogP contribution in [0.15, 0.2) is 51.5 Å². The van der Waals surface area contributed by atoms with Crippen LogP contribution in [0, 0.1) is 13.8 Å². The molecule has 0 saturated heterocycles. The van der Waals surface area contributed by atoms with Gasteiger partial charge in [0.25, 0.3) is 0 Å². The summed E-state index contributed by atoms with van der Waals surface area (Å²) in [7, 11) is 0. The van der Waals surface area contributed by atoms with Gasteiger partial charge in [0.15, 0.2) is 0 Å². The third-order valence-electron chi connectivity index (χ3n) is 5.80. The number of hydrogen-bond donors (Lipinski definition) is 0. The van der Waals surface area contributed by atoms with E-state index in [0.717, 1.165) is 29.4 Å². The lowest BCUT2D eigenvalue weighted by molar-refractivity contribution is -0.132. The summed E-state index contributed by atoms with van der Waals surface area (Å²) < 4.78 is 11.5. The second-order valence-corrected chi connectivity index (χ2v) is 8.51. The molecule has 0 radical (unpaired) electrons. The predicted molar refractivity (Wildman–Crippen MR) is 118 cm³/mol. The molecule has 2 heterocycles. The Morgan fingerprint density at radius 1 is 1.16 bits per heavy atom. The molecule has 0 spiro atoms. The molecule has 1 aliphatic rings. The number of furan rings is 1. The number of fused-ring (bicyclic) bond motifs is 1. The maximum absolute atomic E-state index is 13.2. The quantitative estimate of drug-likeness (QED) is 0.400. The molecule has 31 heavy (non-hydrogen) atoms. The smallest absolute Gasteiger partial charge is 0.249 e. The third-order valence-corrected chi connectivity index (χ3v) is 6.13. The van der Waals surface area contributed by atoms with Crippen molar-refractivity contribution in [2.75, 3.05) is 0 Å². The summed E-state index contributed by atoms with van der Waals surface area (Å²) in [5.74, 6) is 0.787. The molecule has 7 heteroatoms. The number of nitrogens with zero attached hydrogens (tertiary/aromatic N) is 3. The Kier molecular flexibility index (Phi) is 5.02. The number of benzene rings is 2. The van der Waals surface area contributed by atoms with E-state index in [9.17, 15) is 4.79 Å². The van der Waals surface area contributed by atoms with Crippen molar-refractivity contribution in [1.29, 1.82) is 0 Å². The molecule has 1 saturated carbocycles. The van der Waals surface area contributed by atoms with Gasteiger partial charge in [0.2, 0.25) is 17.7 Å². The maximum atomic E-state index is 13.2. The highest BCUT2D eigenvalue weighted by Crippen LogP contribution is 2.32. The summed E-state index contributed by atoms with van der Waals surface area (Å²) in [5.41, 5.74) is 4.74. The van der Waals surface area contributed by atoms with Crippen molar-refractivity contribution in [2.24, 2.45) is 0 Å². The number of hydrogen-bond acceptors (Lipinski definition) is 5. The second-order valence-electron chi connectivity index (χ2n) is 8.10. The van der Waals surface area contributed by atoms with Crippen LogP contribution < -0.4 is 0 Å². The highest BCUT2D eigenvalue weighted by atomic mass is 35.5. The number of aromatic nitrogens is 2. The topological polar surface area (TPSA) is 72.4 Å². The molecule has 1 fully saturated rings. The summed E-state index contributed by atoms with van der Waals surface area (Å²) in [6.45, 7) is 4.41. The predicted octanol–water partition coefficient (Wildman–Crippen LogP) is 5.49. The van der Waals surface area contributed by atoms with Gasteiger partial charge in [0.05, 0.1) is 29.8 Å². The second kappa shape index (κ2) is 7.85. The van der Waals surface area contributed by atoms with Crippen molar-refractivity contribution >= 4 is 28.5 Å². The van der Waals surface area contributed by atoms with E-state index in [0.29, 0.717) is 22.4 Å². The number of amides is 1. The lowest BCUT2D eigenvalue weighted by Gasteiger charge is -2.20. The Morgan fingerprint density at radius 3 is 2.71 bits per heavy atom. The van der Waals surface area contributed by atoms with Crippen molar-refractivity contribution < 1.29 is 13.6 Å². The lowest BCUT2D eigenvalue weighted by atomic mass is 10.0. The Morgan fingerprint density at radius 2 is 1.94 bits per heavy atom. The largest absolute Gasteiger partial charge is 0.464 e. The molecule has 1 amide bonds. The fraction of sp³-hybridized carbons (Fsp3) is 0.292. The van der Waals surface area contributed by atoms with Gasteiger partial charge in [-0.3, -0.25) is 4.79 Å². The van der Waals surface area contributed by atoms with Crippen molar-refractivity contribution in [2.45, 2.75) is 45.7 Å². The molecule has 0 N–H and O–H groups in total. The first-order valence-corrected chi connectivity index (χ1v) is 10.7. The van der Waals surface area contributed by atoms with E-state index in [1.165, 1.54) is 11.1 Å². The molecule has 6 nitrogen and oxygen atoms in total. The van der Waals surface area contributed by atoms with Gasteiger partial charge in [-0.25, -0.2) is 0 Å². The Labute approximate surface area is 184 Å². The molecule has 0 unspecified atom stereocenters. The van der Waals surface area contributed by atoms with Gasteiger partial charge in [-0.15, -0.1) is 10.2 Å². The maximum Gasteiger partial charge on any atom is 0.249 e.